The number of fused-ring (bicyclic) bond motifs is 1. The zero-order valence-corrected chi connectivity index (χ0v) is 16.8. The Morgan fingerprint density at radius 2 is 2.18 bits per heavy atom. The lowest BCUT2D eigenvalue weighted by molar-refractivity contribution is 0.102. The van der Waals surface area contributed by atoms with Gasteiger partial charge in [-0.05, 0) is 43.5 Å². The molecule has 1 aromatic heterocycles. The van der Waals surface area contributed by atoms with Gasteiger partial charge in [0, 0.05) is 36.7 Å². The van der Waals surface area contributed by atoms with Gasteiger partial charge in [0.15, 0.2) is 0 Å². The van der Waals surface area contributed by atoms with Crippen LogP contribution in [-0.2, 0) is 27.7 Å². The van der Waals surface area contributed by atoms with Crippen molar-refractivity contribution in [1.29, 1.82) is 0 Å². The molecule has 3 heterocycles. The summed E-state index contributed by atoms with van der Waals surface area (Å²) in [6, 6.07) is 6.77. The average molecular weight is 404 g/mol. The summed E-state index contributed by atoms with van der Waals surface area (Å²) in [5.41, 5.74) is 2.01. The topological polar surface area (TPSA) is 93.5 Å². The van der Waals surface area contributed by atoms with Gasteiger partial charge in [-0.1, -0.05) is 0 Å². The van der Waals surface area contributed by atoms with Crippen LogP contribution in [0.25, 0.3) is 0 Å². The third-order valence-electron chi connectivity index (χ3n) is 5.27. The smallest absolute Gasteiger partial charge is 0.256 e. The molecule has 1 fully saturated rings. The first kappa shape index (κ1) is 18.9. The molecule has 0 radical (unpaired) electrons. The number of benzene rings is 1. The van der Waals surface area contributed by atoms with Crippen LogP contribution < -0.4 is 9.62 Å². The highest BCUT2D eigenvalue weighted by molar-refractivity contribution is 7.92. The van der Waals surface area contributed by atoms with E-state index in [9.17, 15) is 13.2 Å². The van der Waals surface area contributed by atoms with Crippen molar-refractivity contribution in [1.82, 2.24) is 9.78 Å². The number of rotatable bonds is 5. The molecule has 0 saturated carbocycles. The quantitative estimate of drug-likeness (QED) is 0.821. The third-order valence-corrected chi connectivity index (χ3v) is 6.54. The average Bonchev–Trinajstić information content (AvgIpc) is 3.34. The Labute approximate surface area is 164 Å². The minimum Gasteiger partial charge on any atom is -0.381 e. The van der Waals surface area contributed by atoms with Gasteiger partial charge in [0.1, 0.15) is 5.82 Å². The number of nitrogens with one attached hydrogen (secondary N) is 1. The lowest BCUT2D eigenvalue weighted by Gasteiger charge is -2.21. The van der Waals surface area contributed by atoms with Crippen molar-refractivity contribution < 1.29 is 17.9 Å². The summed E-state index contributed by atoms with van der Waals surface area (Å²) < 4.78 is 32.7. The number of carbonyl (C=O) groups excluding carboxylic acids is 1. The molecule has 0 aliphatic carbocycles. The zero-order valence-electron chi connectivity index (χ0n) is 16.0. The van der Waals surface area contributed by atoms with Crippen LogP contribution in [-0.4, -0.2) is 49.6 Å². The van der Waals surface area contributed by atoms with E-state index >= 15 is 0 Å². The van der Waals surface area contributed by atoms with Crippen molar-refractivity contribution >= 4 is 27.4 Å². The fourth-order valence-electron chi connectivity index (χ4n) is 3.99. The fourth-order valence-corrected chi connectivity index (χ4v) is 5.26. The van der Waals surface area contributed by atoms with E-state index in [-0.39, 0.29) is 11.9 Å². The molecule has 9 heteroatoms. The molecule has 8 nitrogen and oxygen atoms in total. The summed E-state index contributed by atoms with van der Waals surface area (Å²) >= 11 is 0. The predicted octanol–water partition coefficient (Wildman–Crippen LogP) is 1.88. The normalized spacial score (nSPS) is 21.7. The van der Waals surface area contributed by atoms with Crippen molar-refractivity contribution in [2.45, 2.75) is 32.4 Å². The third kappa shape index (κ3) is 3.64. The first-order valence-electron chi connectivity index (χ1n) is 9.36. The lowest BCUT2D eigenvalue weighted by Crippen LogP contribution is -2.34. The first-order valence-corrected chi connectivity index (χ1v) is 11.2. The number of carbonyl (C=O) groups is 1. The Morgan fingerprint density at radius 1 is 1.36 bits per heavy atom. The van der Waals surface area contributed by atoms with Crippen LogP contribution in [0.3, 0.4) is 0 Å². The van der Waals surface area contributed by atoms with Crippen molar-refractivity contribution in [2.24, 2.45) is 5.92 Å². The molecule has 0 spiro atoms. The predicted molar refractivity (Wildman–Crippen MR) is 106 cm³/mol. The number of amides is 1. The Kier molecular flexibility index (Phi) is 4.88. The Bertz CT molecular complexity index is 995. The van der Waals surface area contributed by atoms with Crippen LogP contribution in [0.5, 0.6) is 0 Å². The Hall–Kier alpha value is -2.39. The number of nitrogens with zero attached hydrogens (tertiary/aromatic N) is 3. The van der Waals surface area contributed by atoms with Gasteiger partial charge in [-0.15, -0.1) is 0 Å². The van der Waals surface area contributed by atoms with Crippen LogP contribution >= 0.6 is 0 Å². The van der Waals surface area contributed by atoms with E-state index in [1.54, 1.807) is 35.1 Å². The van der Waals surface area contributed by atoms with Crippen molar-refractivity contribution in [3.63, 3.8) is 0 Å². The standard InChI is InChI=1S/C19H24N4O4S/c1-13-9-16-10-15(3-4-17(16)23(13)28(2,25)26)19(24)21-18-5-7-20-22(18)11-14-6-8-27-12-14/h3-5,7,10,13-14H,6,8-9,11-12H2,1-2H3,(H,21,24). The van der Waals surface area contributed by atoms with Crippen LogP contribution in [0.15, 0.2) is 30.5 Å². The molecule has 2 aliphatic rings. The maximum Gasteiger partial charge on any atom is 0.256 e. The number of hydrogen-bond acceptors (Lipinski definition) is 5. The van der Waals surface area contributed by atoms with Crippen LogP contribution in [0.4, 0.5) is 11.5 Å². The summed E-state index contributed by atoms with van der Waals surface area (Å²) in [5.74, 6) is 0.806. The highest BCUT2D eigenvalue weighted by Crippen LogP contribution is 2.34. The maximum atomic E-state index is 12.8. The molecule has 2 unspecified atom stereocenters. The van der Waals surface area contributed by atoms with Gasteiger partial charge in [-0.25, -0.2) is 13.1 Å². The minimum absolute atomic E-state index is 0.154. The summed E-state index contributed by atoms with van der Waals surface area (Å²) in [7, 11) is -3.35. The van der Waals surface area contributed by atoms with E-state index in [0.29, 0.717) is 42.6 Å². The maximum absolute atomic E-state index is 12.8. The second kappa shape index (κ2) is 7.21. The number of sulfonamides is 1. The van der Waals surface area contributed by atoms with Crippen molar-refractivity contribution in [2.75, 3.05) is 29.1 Å². The molecule has 4 rings (SSSR count). The van der Waals surface area contributed by atoms with Crippen molar-refractivity contribution in [3.8, 4) is 0 Å². The van der Waals surface area contributed by atoms with Gasteiger partial charge >= 0.3 is 0 Å². The summed E-state index contributed by atoms with van der Waals surface area (Å²) in [5, 5.41) is 7.22. The van der Waals surface area contributed by atoms with Crippen LogP contribution in [0.2, 0.25) is 0 Å². The second-order valence-corrected chi connectivity index (χ2v) is 9.40. The molecule has 2 aliphatic heterocycles. The van der Waals surface area contributed by atoms with Gasteiger partial charge in [-0.3, -0.25) is 9.10 Å². The second-order valence-electron chi connectivity index (χ2n) is 7.54. The van der Waals surface area contributed by atoms with E-state index in [2.05, 4.69) is 10.4 Å². The van der Waals surface area contributed by atoms with Gasteiger partial charge in [-0.2, -0.15) is 5.10 Å². The molecule has 2 atom stereocenters. The molecule has 1 saturated heterocycles. The first-order chi connectivity index (χ1) is 13.3. The highest BCUT2D eigenvalue weighted by Gasteiger charge is 2.32. The van der Waals surface area contributed by atoms with E-state index in [0.717, 1.165) is 18.6 Å². The molecule has 28 heavy (non-hydrogen) atoms. The van der Waals surface area contributed by atoms with E-state index in [1.807, 2.05) is 6.92 Å². The molecule has 1 aromatic carbocycles. The van der Waals surface area contributed by atoms with Gasteiger partial charge in [0.2, 0.25) is 10.0 Å². The lowest BCUT2D eigenvalue weighted by atomic mass is 10.1. The number of aromatic nitrogens is 2. The van der Waals surface area contributed by atoms with Crippen molar-refractivity contribution in [3.05, 3.63) is 41.6 Å². The van der Waals surface area contributed by atoms with Gasteiger partial charge in [0.05, 0.1) is 24.7 Å². The van der Waals surface area contributed by atoms with E-state index in [1.165, 1.54) is 10.6 Å². The molecular formula is C19H24N4O4S. The van der Waals surface area contributed by atoms with Crippen LogP contribution in [0.1, 0.15) is 29.3 Å². The summed E-state index contributed by atoms with van der Waals surface area (Å²) in [6.07, 6.45) is 4.45. The fraction of sp³-hybridized carbons (Fsp3) is 0.474. The molecular weight excluding hydrogens is 380 g/mol. The van der Waals surface area contributed by atoms with E-state index in [4.69, 9.17) is 4.74 Å². The van der Waals surface area contributed by atoms with E-state index < -0.39 is 10.0 Å². The Morgan fingerprint density at radius 3 is 2.89 bits per heavy atom. The SMILES string of the molecule is CC1Cc2cc(C(=O)Nc3ccnn3CC3CCOC3)ccc2N1S(C)(=O)=O. The highest BCUT2D eigenvalue weighted by atomic mass is 32.2. The molecule has 1 amide bonds. The summed E-state index contributed by atoms with van der Waals surface area (Å²) in [6.45, 7) is 4.05. The Balaban J connectivity index is 1.51. The monoisotopic (exact) mass is 404 g/mol. The summed E-state index contributed by atoms with van der Waals surface area (Å²) in [4.78, 5) is 12.8. The van der Waals surface area contributed by atoms with Gasteiger partial charge < -0.3 is 10.1 Å². The van der Waals surface area contributed by atoms with Gasteiger partial charge in [0.25, 0.3) is 5.91 Å². The zero-order chi connectivity index (χ0) is 19.9. The number of ether oxygens (including phenoxy) is 1. The molecule has 2 aromatic rings. The number of hydrogen-bond donors (Lipinski definition) is 1. The molecule has 0 bridgehead atoms. The number of anilines is 2. The minimum atomic E-state index is -3.35. The molecule has 1 N–H and O–H groups in total. The molecule has 150 valence electrons. The largest absolute Gasteiger partial charge is 0.381 e. The van der Waals surface area contributed by atoms with Crippen LogP contribution in [0, 0.1) is 5.92 Å².